The summed E-state index contributed by atoms with van der Waals surface area (Å²) >= 11 is 0. The molecule has 3 aromatic heterocycles. The summed E-state index contributed by atoms with van der Waals surface area (Å²) in [5.74, 6) is 0. The first-order chi connectivity index (χ1) is 22.8. The molecule has 3 nitrogen and oxygen atoms in total. The zero-order valence-corrected chi connectivity index (χ0v) is 24.8. The van der Waals surface area contributed by atoms with Gasteiger partial charge in [0.1, 0.15) is 11.2 Å². The summed E-state index contributed by atoms with van der Waals surface area (Å²) in [7, 11) is 0. The Bertz CT molecular complexity index is 2790. The second-order valence-corrected chi connectivity index (χ2v) is 12.0. The summed E-state index contributed by atoms with van der Waals surface area (Å²) < 4.78 is 8.97. The monoisotopic (exact) mass is 586 g/mol. The van der Waals surface area contributed by atoms with Gasteiger partial charge in [-0.2, -0.15) is 0 Å². The van der Waals surface area contributed by atoms with Crippen molar-refractivity contribution in [3.05, 3.63) is 158 Å². The molecule has 0 N–H and O–H groups in total. The Morgan fingerprint density at radius 1 is 0.435 bits per heavy atom. The fraction of sp³-hybridized carbons (Fsp3) is 0. The van der Waals surface area contributed by atoms with Crippen LogP contribution in [-0.2, 0) is 0 Å². The zero-order valence-electron chi connectivity index (χ0n) is 24.8. The molecule has 0 aliphatic heterocycles. The van der Waals surface area contributed by atoms with Crippen LogP contribution in [0.25, 0.3) is 93.2 Å². The van der Waals surface area contributed by atoms with Crippen LogP contribution in [0.2, 0.25) is 0 Å². The molecule has 0 aliphatic carbocycles. The van der Waals surface area contributed by atoms with E-state index in [0.717, 1.165) is 49.9 Å². The number of pyridine rings is 1. The van der Waals surface area contributed by atoms with Gasteiger partial charge in [0.2, 0.25) is 0 Å². The van der Waals surface area contributed by atoms with E-state index in [0.29, 0.717) is 0 Å². The molecule has 0 atom stereocenters. The Balaban J connectivity index is 1.18. The van der Waals surface area contributed by atoms with E-state index in [-0.39, 0.29) is 0 Å². The third kappa shape index (κ3) is 3.63. The van der Waals surface area contributed by atoms with Crippen molar-refractivity contribution in [2.24, 2.45) is 0 Å². The summed E-state index contributed by atoms with van der Waals surface area (Å²) in [6.45, 7) is 0. The van der Waals surface area contributed by atoms with Gasteiger partial charge >= 0.3 is 0 Å². The highest BCUT2D eigenvalue weighted by Gasteiger charge is 2.18. The van der Waals surface area contributed by atoms with E-state index in [1.807, 2.05) is 12.4 Å². The first kappa shape index (κ1) is 25.2. The number of hydrogen-bond donors (Lipinski definition) is 0. The number of para-hydroxylation sites is 1. The average molecular weight is 587 g/mol. The molecule has 0 aliphatic rings. The molecule has 0 radical (unpaired) electrons. The van der Waals surface area contributed by atoms with E-state index >= 15 is 0 Å². The molecule has 0 bridgehead atoms. The second-order valence-electron chi connectivity index (χ2n) is 12.0. The molecule has 0 saturated heterocycles. The van der Waals surface area contributed by atoms with Crippen molar-refractivity contribution >= 4 is 65.3 Å². The van der Waals surface area contributed by atoms with Crippen LogP contribution >= 0.6 is 0 Å². The lowest BCUT2D eigenvalue weighted by Crippen LogP contribution is -1.94. The minimum Gasteiger partial charge on any atom is -0.456 e. The predicted octanol–water partition coefficient (Wildman–Crippen LogP) is 11.7. The molecule has 3 heterocycles. The van der Waals surface area contributed by atoms with Crippen molar-refractivity contribution in [3.8, 4) is 27.9 Å². The van der Waals surface area contributed by atoms with Gasteiger partial charge in [0, 0.05) is 39.6 Å². The largest absolute Gasteiger partial charge is 0.456 e. The maximum absolute atomic E-state index is 6.58. The van der Waals surface area contributed by atoms with Gasteiger partial charge in [0.05, 0.1) is 11.0 Å². The smallest absolute Gasteiger partial charge is 0.136 e. The van der Waals surface area contributed by atoms with Crippen LogP contribution in [0.15, 0.2) is 162 Å². The molecule has 10 aromatic rings. The number of rotatable bonds is 3. The lowest BCUT2D eigenvalue weighted by atomic mass is 9.93. The highest BCUT2D eigenvalue weighted by molar-refractivity contribution is 6.25. The summed E-state index contributed by atoms with van der Waals surface area (Å²) in [5, 5.41) is 9.72. The van der Waals surface area contributed by atoms with Gasteiger partial charge in [-0.1, -0.05) is 91.0 Å². The van der Waals surface area contributed by atoms with E-state index in [4.69, 9.17) is 4.42 Å². The van der Waals surface area contributed by atoms with Crippen LogP contribution in [0, 0.1) is 0 Å². The lowest BCUT2D eigenvalue weighted by molar-refractivity contribution is 0.669. The zero-order chi connectivity index (χ0) is 30.2. The minimum absolute atomic E-state index is 0.890. The van der Waals surface area contributed by atoms with Gasteiger partial charge in [-0.05, 0) is 98.4 Å². The fourth-order valence-electron chi connectivity index (χ4n) is 7.41. The van der Waals surface area contributed by atoms with Crippen molar-refractivity contribution in [2.75, 3.05) is 0 Å². The predicted molar refractivity (Wildman–Crippen MR) is 192 cm³/mol. The van der Waals surface area contributed by atoms with Gasteiger partial charge in [-0.15, -0.1) is 0 Å². The molecule has 3 heteroatoms. The Morgan fingerprint density at radius 3 is 1.96 bits per heavy atom. The molecule has 46 heavy (non-hydrogen) atoms. The normalized spacial score (nSPS) is 11.9. The number of aromatic nitrogens is 2. The van der Waals surface area contributed by atoms with Gasteiger partial charge in [-0.3, -0.25) is 4.98 Å². The lowest BCUT2D eigenvalue weighted by Gasteiger charge is -2.12. The molecule has 7 aromatic carbocycles. The van der Waals surface area contributed by atoms with Crippen LogP contribution < -0.4 is 0 Å². The third-order valence-electron chi connectivity index (χ3n) is 9.47. The highest BCUT2D eigenvalue weighted by Crippen LogP contribution is 2.43. The molecule has 0 unspecified atom stereocenters. The maximum atomic E-state index is 6.58. The summed E-state index contributed by atoms with van der Waals surface area (Å²) in [5.41, 5.74) is 9.94. The van der Waals surface area contributed by atoms with Gasteiger partial charge in [0.25, 0.3) is 0 Å². The number of hydrogen-bond acceptors (Lipinski definition) is 2. The summed E-state index contributed by atoms with van der Waals surface area (Å²) in [6, 6.07) is 52.3. The Labute approximate surface area is 264 Å². The second kappa shape index (κ2) is 9.65. The Kier molecular flexibility index (Phi) is 5.28. The molecular formula is C43H26N2O. The fourth-order valence-corrected chi connectivity index (χ4v) is 7.41. The Morgan fingerprint density at radius 2 is 1.13 bits per heavy atom. The van der Waals surface area contributed by atoms with E-state index < -0.39 is 0 Å². The number of nitrogens with zero attached hydrogens (tertiary/aromatic N) is 2. The van der Waals surface area contributed by atoms with Gasteiger partial charge in [-0.25, -0.2) is 0 Å². The molecule has 0 amide bonds. The molecule has 214 valence electrons. The summed E-state index contributed by atoms with van der Waals surface area (Å²) in [4.78, 5) is 4.24. The maximum Gasteiger partial charge on any atom is 0.136 e. The molecule has 0 fully saturated rings. The minimum atomic E-state index is 0.890. The summed E-state index contributed by atoms with van der Waals surface area (Å²) in [6.07, 6.45) is 3.69. The van der Waals surface area contributed by atoms with E-state index in [1.165, 1.54) is 43.4 Å². The number of furan rings is 1. The van der Waals surface area contributed by atoms with Crippen molar-refractivity contribution in [2.45, 2.75) is 0 Å². The van der Waals surface area contributed by atoms with Crippen LogP contribution in [0.5, 0.6) is 0 Å². The molecular weight excluding hydrogens is 560 g/mol. The first-order valence-electron chi connectivity index (χ1n) is 15.6. The standard InChI is InChI=1S/C43H26N2O/c1-2-9-30-25-39-37(24-29(30)8-1)34-11-5-6-14-38(34)45(39)31-18-16-27(17-19-31)36-26-41-43(35-12-4-3-10-33(35)36)42-32(13-7-15-40(42)46-41)28-20-22-44-23-21-28/h1-26H. The molecule has 10 rings (SSSR count). The topological polar surface area (TPSA) is 31.0 Å². The number of benzene rings is 7. The number of fused-ring (bicyclic) bond motifs is 9. The van der Waals surface area contributed by atoms with Crippen LogP contribution in [0.4, 0.5) is 0 Å². The van der Waals surface area contributed by atoms with Crippen molar-refractivity contribution in [1.29, 1.82) is 0 Å². The van der Waals surface area contributed by atoms with Crippen molar-refractivity contribution in [3.63, 3.8) is 0 Å². The van der Waals surface area contributed by atoms with Gasteiger partial charge < -0.3 is 8.98 Å². The Hall–Kier alpha value is -6.19. The molecule has 0 saturated carbocycles. The van der Waals surface area contributed by atoms with Crippen LogP contribution in [-0.4, -0.2) is 9.55 Å². The SMILES string of the molecule is c1ccc2cc3c(cc2c1)c1ccccc1n3-c1ccc(-c2cc3oc4cccc(-c5ccncc5)c4c3c3ccccc23)cc1. The average Bonchev–Trinajstić information content (AvgIpc) is 3.66. The molecule has 0 spiro atoms. The first-order valence-corrected chi connectivity index (χ1v) is 15.6. The highest BCUT2D eigenvalue weighted by atomic mass is 16.3. The van der Waals surface area contributed by atoms with Crippen molar-refractivity contribution in [1.82, 2.24) is 9.55 Å². The van der Waals surface area contributed by atoms with Crippen LogP contribution in [0.1, 0.15) is 0 Å². The van der Waals surface area contributed by atoms with E-state index in [2.05, 4.69) is 155 Å². The van der Waals surface area contributed by atoms with Crippen molar-refractivity contribution < 1.29 is 4.42 Å². The van der Waals surface area contributed by atoms with E-state index in [9.17, 15) is 0 Å². The third-order valence-corrected chi connectivity index (χ3v) is 9.47. The van der Waals surface area contributed by atoms with Gasteiger partial charge in [0.15, 0.2) is 0 Å². The van der Waals surface area contributed by atoms with Crippen LogP contribution in [0.3, 0.4) is 0 Å². The van der Waals surface area contributed by atoms with E-state index in [1.54, 1.807) is 0 Å². The quantitative estimate of drug-likeness (QED) is 0.206.